The Kier molecular flexibility index (Phi) is 6.50. The second-order valence-electron chi connectivity index (χ2n) is 7.44. The fourth-order valence-corrected chi connectivity index (χ4v) is 5.00. The maximum absolute atomic E-state index is 14.6. The van der Waals surface area contributed by atoms with E-state index in [9.17, 15) is 8.78 Å². The van der Waals surface area contributed by atoms with Gasteiger partial charge in [-0.25, -0.2) is 8.78 Å². The molecule has 1 nitrogen and oxygen atoms in total. The number of aliphatic imine (C=N–C) groups is 1. The van der Waals surface area contributed by atoms with Crippen LogP contribution in [0.25, 0.3) is 10.4 Å². The van der Waals surface area contributed by atoms with Crippen LogP contribution < -0.4 is 0 Å². The largest absolute Gasteiger partial charge is 0.205 e. The molecule has 0 N–H and O–H groups in total. The van der Waals surface area contributed by atoms with E-state index in [1.54, 1.807) is 35.6 Å². The molecule has 1 saturated carbocycles. The number of thiocarbonyl (C=S) groups is 1. The number of isothiocyanates is 1. The standard InChI is InChI=1S/C25H19F2NS2/c26-23-14-19(25-12-10-21(30-25)13-18-3-1-2-4-18)15-24(27)22(23)11-7-17-5-8-20(9-6-17)28-16-29/h5-6,8-10,12,14-15,18H,1-4,13H2. The average Bonchev–Trinajstić information content (AvgIpc) is 3.41. The number of thiophene rings is 1. The van der Waals surface area contributed by atoms with Gasteiger partial charge in [-0.15, -0.1) is 11.3 Å². The molecule has 1 fully saturated rings. The van der Waals surface area contributed by atoms with Crippen molar-refractivity contribution in [1.29, 1.82) is 0 Å². The van der Waals surface area contributed by atoms with Crippen molar-refractivity contribution in [1.82, 2.24) is 0 Å². The molecule has 4 rings (SSSR count). The molecular weight excluding hydrogens is 416 g/mol. The minimum atomic E-state index is -0.648. The van der Waals surface area contributed by atoms with Crippen LogP contribution in [0.4, 0.5) is 14.5 Å². The SMILES string of the molecule is Fc1cc(-c2ccc(CC3CCCC3)s2)cc(F)c1C#Cc1ccc(N=C=S)cc1. The molecule has 2 aromatic carbocycles. The number of halogens is 2. The van der Waals surface area contributed by atoms with Crippen molar-refractivity contribution in [3.8, 4) is 22.3 Å². The molecular formula is C25H19F2NS2. The average molecular weight is 436 g/mol. The van der Waals surface area contributed by atoms with Gasteiger partial charge in [0.05, 0.1) is 16.4 Å². The zero-order chi connectivity index (χ0) is 20.9. The molecule has 1 heterocycles. The Hall–Kier alpha value is -2.64. The summed E-state index contributed by atoms with van der Waals surface area (Å²) in [7, 11) is 0. The third kappa shape index (κ3) is 4.91. The lowest BCUT2D eigenvalue weighted by Crippen LogP contribution is -1.95. The van der Waals surface area contributed by atoms with Crippen LogP contribution in [0.3, 0.4) is 0 Å². The fourth-order valence-electron chi connectivity index (χ4n) is 3.78. The highest BCUT2D eigenvalue weighted by atomic mass is 32.1. The van der Waals surface area contributed by atoms with Crippen LogP contribution in [-0.4, -0.2) is 5.16 Å². The first kappa shape index (κ1) is 20.6. The van der Waals surface area contributed by atoms with E-state index in [-0.39, 0.29) is 5.56 Å². The molecule has 5 heteroatoms. The fraction of sp³-hybridized carbons (Fsp3) is 0.240. The highest BCUT2D eigenvalue weighted by Crippen LogP contribution is 2.34. The zero-order valence-corrected chi connectivity index (χ0v) is 17.9. The number of benzene rings is 2. The number of rotatable bonds is 4. The Balaban J connectivity index is 1.54. The van der Waals surface area contributed by atoms with Crippen LogP contribution in [0.5, 0.6) is 0 Å². The molecule has 3 aromatic rings. The molecule has 0 radical (unpaired) electrons. The van der Waals surface area contributed by atoms with Gasteiger partial charge in [0.2, 0.25) is 0 Å². The first-order valence-electron chi connectivity index (χ1n) is 9.90. The Morgan fingerprint density at radius 3 is 2.33 bits per heavy atom. The van der Waals surface area contributed by atoms with Crippen molar-refractivity contribution in [2.75, 3.05) is 0 Å². The summed E-state index contributed by atoms with van der Waals surface area (Å²) < 4.78 is 29.3. The second-order valence-corrected chi connectivity index (χ2v) is 8.79. The molecule has 0 bridgehead atoms. The predicted octanol–water partition coefficient (Wildman–Crippen LogP) is 7.56. The van der Waals surface area contributed by atoms with Gasteiger partial charge in [-0.2, -0.15) is 4.99 Å². The monoisotopic (exact) mass is 435 g/mol. The van der Waals surface area contributed by atoms with Crippen molar-refractivity contribution < 1.29 is 8.78 Å². The predicted molar refractivity (Wildman–Crippen MR) is 122 cm³/mol. The molecule has 0 aliphatic heterocycles. The van der Waals surface area contributed by atoms with Gasteiger partial charge in [-0.1, -0.05) is 37.5 Å². The lowest BCUT2D eigenvalue weighted by Gasteiger charge is -2.06. The van der Waals surface area contributed by atoms with Gasteiger partial charge in [0, 0.05) is 15.3 Å². The van der Waals surface area contributed by atoms with E-state index < -0.39 is 11.6 Å². The van der Waals surface area contributed by atoms with Crippen molar-refractivity contribution in [3.05, 3.63) is 76.2 Å². The summed E-state index contributed by atoms with van der Waals surface area (Å²) in [4.78, 5) is 6.03. The third-order valence-corrected chi connectivity index (χ3v) is 6.57. The Morgan fingerprint density at radius 2 is 1.67 bits per heavy atom. The summed E-state index contributed by atoms with van der Waals surface area (Å²) in [6, 6.07) is 13.7. The Labute approximate surface area is 184 Å². The Morgan fingerprint density at radius 1 is 0.967 bits per heavy atom. The number of hydrogen-bond acceptors (Lipinski definition) is 3. The van der Waals surface area contributed by atoms with Gasteiger partial charge in [-0.3, -0.25) is 0 Å². The van der Waals surface area contributed by atoms with E-state index in [0.29, 0.717) is 16.8 Å². The summed E-state index contributed by atoms with van der Waals surface area (Å²) in [5.74, 6) is 4.87. The maximum Gasteiger partial charge on any atom is 0.142 e. The van der Waals surface area contributed by atoms with Gasteiger partial charge >= 0.3 is 0 Å². The molecule has 0 atom stereocenters. The van der Waals surface area contributed by atoms with Crippen molar-refractivity contribution in [3.63, 3.8) is 0 Å². The van der Waals surface area contributed by atoms with Crippen LogP contribution in [0, 0.1) is 29.4 Å². The van der Waals surface area contributed by atoms with Gasteiger partial charge < -0.3 is 0 Å². The highest BCUT2D eigenvalue weighted by molar-refractivity contribution is 7.78. The van der Waals surface area contributed by atoms with E-state index in [0.717, 1.165) is 17.2 Å². The molecule has 30 heavy (non-hydrogen) atoms. The molecule has 0 saturated heterocycles. The van der Waals surface area contributed by atoms with E-state index >= 15 is 0 Å². The summed E-state index contributed by atoms with van der Waals surface area (Å²) in [5.41, 5.74) is 1.62. The van der Waals surface area contributed by atoms with Crippen molar-refractivity contribution in [2.24, 2.45) is 10.9 Å². The molecule has 1 aliphatic carbocycles. The highest BCUT2D eigenvalue weighted by Gasteiger charge is 2.17. The second kappa shape index (κ2) is 9.45. The third-order valence-electron chi connectivity index (χ3n) is 5.33. The minimum absolute atomic E-state index is 0.220. The van der Waals surface area contributed by atoms with Gasteiger partial charge in [0.15, 0.2) is 0 Å². The molecule has 0 spiro atoms. The topological polar surface area (TPSA) is 12.4 Å². The quantitative estimate of drug-likeness (QED) is 0.234. The van der Waals surface area contributed by atoms with Crippen LogP contribution in [-0.2, 0) is 6.42 Å². The van der Waals surface area contributed by atoms with Crippen LogP contribution >= 0.6 is 23.6 Å². The van der Waals surface area contributed by atoms with E-state index in [4.69, 9.17) is 0 Å². The minimum Gasteiger partial charge on any atom is -0.205 e. The van der Waals surface area contributed by atoms with E-state index in [1.165, 1.54) is 42.7 Å². The van der Waals surface area contributed by atoms with Crippen LogP contribution in [0.2, 0.25) is 0 Å². The first-order valence-corrected chi connectivity index (χ1v) is 11.1. The number of hydrogen-bond donors (Lipinski definition) is 0. The molecule has 0 amide bonds. The lowest BCUT2D eigenvalue weighted by molar-refractivity contribution is 0.551. The summed E-state index contributed by atoms with van der Waals surface area (Å²) in [6.07, 6.45) is 6.26. The Bertz CT molecular complexity index is 1130. The molecule has 1 aliphatic rings. The van der Waals surface area contributed by atoms with Gasteiger partial charge in [0.25, 0.3) is 0 Å². The van der Waals surface area contributed by atoms with Crippen LogP contribution in [0.15, 0.2) is 53.5 Å². The smallest absolute Gasteiger partial charge is 0.142 e. The first-order chi connectivity index (χ1) is 14.6. The van der Waals surface area contributed by atoms with Gasteiger partial charge in [0.1, 0.15) is 11.6 Å². The van der Waals surface area contributed by atoms with Gasteiger partial charge in [-0.05, 0) is 78.7 Å². The molecule has 0 unspecified atom stereocenters. The zero-order valence-electron chi connectivity index (χ0n) is 16.3. The van der Waals surface area contributed by atoms with Crippen molar-refractivity contribution in [2.45, 2.75) is 32.1 Å². The summed E-state index contributed by atoms with van der Waals surface area (Å²) >= 11 is 6.18. The molecule has 1 aromatic heterocycles. The summed E-state index contributed by atoms with van der Waals surface area (Å²) in [6.45, 7) is 0. The van der Waals surface area contributed by atoms with E-state index in [2.05, 4.69) is 40.3 Å². The van der Waals surface area contributed by atoms with E-state index in [1.807, 2.05) is 6.07 Å². The van der Waals surface area contributed by atoms with Crippen LogP contribution in [0.1, 0.15) is 41.7 Å². The molecule has 150 valence electrons. The summed E-state index contributed by atoms with van der Waals surface area (Å²) in [5, 5.41) is 2.29. The normalized spacial score (nSPS) is 13.5. The maximum atomic E-state index is 14.6. The number of nitrogens with zero attached hydrogens (tertiary/aromatic N) is 1. The lowest BCUT2D eigenvalue weighted by atomic mass is 10.0. The van der Waals surface area contributed by atoms with Crippen molar-refractivity contribution >= 4 is 34.4 Å².